The largest absolute Gasteiger partial charge is 0.497 e. The van der Waals surface area contributed by atoms with Crippen LogP contribution in [0.15, 0.2) is 59.4 Å². The van der Waals surface area contributed by atoms with E-state index in [1.807, 2.05) is 24.3 Å². The van der Waals surface area contributed by atoms with Crippen LogP contribution in [0.5, 0.6) is 5.75 Å². The Hall–Kier alpha value is -2.86. The fourth-order valence-electron chi connectivity index (χ4n) is 3.05. The van der Waals surface area contributed by atoms with Crippen molar-refractivity contribution in [3.63, 3.8) is 0 Å². The van der Waals surface area contributed by atoms with Gasteiger partial charge in [0, 0.05) is 23.7 Å². The molecule has 0 radical (unpaired) electrons. The van der Waals surface area contributed by atoms with Gasteiger partial charge in [0.2, 0.25) is 0 Å². The predicted octanol–water partition coefficient (Wildman–Crippen LogP) is 3.64. The third-order valence-electron chi connectivity index (χ3n) is 4.41. The lowest BCUT2D eigenvalue weighted by Crippen LogP contribution is -2.41. The first-order chi connectivity index (χ1) is 13.1. The number of benzene rings is 1. The number of carbonyl (C=O) groups excluding carboxylic acids is 1. The summed E-state index contributed by atoms with van der Waals surface area (Å²) in [6.45, 7) is 0. The minimum Gasteiger partial charge on any atom is -0.497 e. The quantitative estimate of drug-likeness (QED) is 0.842. The predicted molar refractivity (Wildman–Crippen MR) is 107 cm³/mol. The number of nitrogens with two attached hydrogens (primary N) is 1. The van der Waals surface area contributed by atoms with E-state index in [-0.39, 0.29) is 17.6 Å². The molecule has 0 aliphatic heterocycles. The zero-order valence-corrected chi connectivity index (χ0v) is 15.7. The molecule has 1 fully saturated rings. The van der Waals surface area contributed by atoms with Crippen molar-refractivity contribution in [1.82, 2.24) is 10.3 Å². The maximum atomic E-state index is 12.6. The van der Waals surface area contributed by atoms with Gasteiger partial charge in [0.25, 0.3) is 5.91 Å². The van der Waals surface area contributed by atoms with Crippen molar-refractivity contribution in [2.75, 3.05) is 7.11 Å². The second kappa shape index (κ2) is 8.68. The number of hydrogen-bond acceptors (Lipinski definition) is 5. The summed E-state index contributed by atoms with van der Waals surface area (Å²) < 4.78 is 5.17. The first-order valence-electron chi connectivity index (χ1n) is 8.67. The van der Waals surface area contributed by atoms with Crippen molar-refractivity contribution >= 4 is 28.9 Å². The minimum atomic E-state index is -0.323. The zero-order chi connectivity index (χ0) is 19.2. The maximum Gasteiger partial charge on any atom is 0.271 e. The average molecular weight is 385 g/mol. The van der Waals surface area contributed by atoms with Gasteiger partial charge in [-0.1, -0.05) is 11.6 Å². The molecule has 1 amide bonds. The van der Waals surface area contributed by atoms with E-state index < -0.39 is 0 Å². The molecule has 140 valence electrons. The number of amides is 1. The normalized spacial score (nSPS) is 19.9. The van der Waals surface area contributed by atoms with Crippen LogP contribution < -0.4 is 15.8 Å². The summed E-state index contributed by atoms with van der Waals surface area (Å²) in [5.41, 5.74) is 8.57. The molecule has 0 spiro atoms. The third-order valence-corrected chi connectivity index (χ3v) is 4.71. The highest BCUT2D eigenvalue weighted by Crippen LogP contribution is 2.26. The topological polar surface area (TPSA) is 89.6 Å². The van der Waals surface area contributed by atoms with Crippen LogP contribution in [-0.2, 0) is 0 Å². The molecule has 3 N–H and O–H groups in total. The first-order valence-corrected chi connectivity index (χ1v) is 9.05. The van der Waals surface area contributed by atoms with Gasteiger partial charge in [-0.05, 0) is 55.7 Å². The number of hydrogen-bond donors (Lipinski definition) is 2. The van der Waals surface area contributed by atoms with E-state index in [0.717, 1.165) is 42.0 Å². The van der Waals surface area contributed by atoms with Gasteiger partial charge in [0.15, 0.2) is 0 Å². The Balaban J connectivity index is 1.80. The van der Waals surface area contributed by atoms with Gasteiger partial charge >= 0.3 is 0 Å². The van der Waals surface area contributed by atoms with Gasteiger partial charge in [0.1, 0.15) is 11.4 Å². The van der Waals surface area contributed by atoms with Crippen LogP contribution in [0.1, 0.15) is 29.8 Å². The minimum absolute atomic E-state index is 0.203. The Morgan fingerprint density at radius 1 is 1.37 bits per heavy atom. The van der Waals surface area contributed by atoms with E-state index in [0.29, 0.717) is 5.02 Å². The molecule has 1 saturated carbocycles. The number of carbonyl (C=O) groups is 1. The van der Waals surface area contributed by atoms with Gasteiger partial charge in [-0.2, -0.15) is 0 Å². The lowest BCUT2D eigenvalue weighted by atomic mass is 9.88. The van der Waals surface area contributed by atoms with Gasteiger partial charge < -0.3 is 15.8 Å². The maximum absolute atomic E-state index is 12.6. The van der Waals surface area contributed by atoms with E-state index in [2.05, 4.69) is 10.3 Å². The van der Waals surface area contributed by atoms with Crippen molar-refractivity contribution < 1.29 is 9.53 Å². The van der Waals surface area contributed by atoms with Crippen molar-refractivity contribution in [3.8, 4) is 5.75 Å². The summed E-state index contributed by atoms with van der Waals surface area (Å²) in [4.78, 5) is 21.3. The van der Waals surface area contributed by atoms with Crippen molar-refractivity contribution in [3.05, 3.63) is 65.1 Å². The highest BCUT2D eigenvalue weighted by Gasteiger charge is 2.26. The zero-order valence-electron chi connectivity index (χ0n) is 15.0. The molecule has 6 nitrogen and oxygen atoms in total. The number of halogens is 1. The van der Waals surface area contributed by atoms with Gasteiger partial charge in [0.05, 0.1) is 23.9 Å². The fraction of sp³-hybridized carbons (Fsp3) is 0.250. The van der Waals surface area contributed by atoms with Gasteiger partial charge in [-0.3, -0.25) is 9.79 Å². The molecule has 0 saturated heterocycles. The molecular weight excluding hydrogens is 364 g/mol. The summed E-state index contributed by atoms with van der Waals surface area (Å²) in [5, 5.41) is 3.29. The highest BCUT2D eigenvalue weighted by molar-refractivity contribution is 6.33. The van der Waals surface area contributed by atoms with Crippen molar-refractivity contribution in [2.45, 2.75) is 25.3 Å². The summed E-state index contributed by atoms with van der Waals surface area (Å²) >= 11 is 6.07. The van der Waals surface area contributed by atoms with Gasteiger partial charge in [-0.25, -0.2) is 4.98 Å². The number of nitrogens with zero attached hydrogens (tertiary/aromatic N) is 2. The summed E-state index contributed by atoms with van der Waals surface area (Å²) in [6.07, 6.45) is 5.53. The summed E-state index contributed by atoms with van der Waals surface area (Å²) in [7, 11) is 1.62. The first kappa shape index (κ1) is 18.9. The fourth-order valence-corrected chi connectivity index (χ4v) is 3.26. The van der Waals surface area contributed by atoms with Crippen LogP contribution in [-0.4, -0.2) is 29.8 Å². The monoisotopic (exact) mass is 384 g/mol. The standard InChI is InChI=1S/C20H21ClN4O2/c1-27-14-9-7-13(8-10-14)24-17-5-2-6-18(15(17)12-22)25-20(26)19-16(21)4-3-11-23-19/h3-4,7-12,18H,2,5-6,22H2,1H3,(H,25,26)/b15-12+,24-17?. The Labute approximate surface area is 163 Å². The van der Waals surface area contributed by atoms with Gasteiger partial charge in [-0.15, -0.1) is 0 Å². The number of aromatic nitrogens is 1. The molecule has 1 heterocycles. The van der Waals surface area contributed by atoms with E-state index in [1.165, 1.54) is 12.4 Å². The van der Waals surface area contributed by atoms with E-state index >= 15 is 0 Å². The number of methoxy groups -OCH3 is 1. The Kier molecular flexibility index (Phi) is 6.08. The van der Waals surface area contributed by atoms with Crippen molar-refractivity contribution in [1.29, 1.82) is 0 Å². The number of nitrogens with one attached hydrogen (secondary N) is 1. The van der Waals surface area contributed by atoms with Crippen LogP contribution in [0.2, 0.25) is 5.02 Å². The number of aliphatic imine (C=N–C) groups is 1. The Morgan fingerprint density at radius 3 is 2.81 bits per heavy atom. The second-order valence-corrected chi connectivity index (χ2v) is 6.54. The molecule has 7 heteroatoms. The second-order valence-electron chi connectivity index (χ2n) is 6.13. The molecule has 1 aromatic heterocycles. The van der Waals surface area contributed by atoms with E-state index in [4.69, 9.17) is 27.1 Å². The van der Waals surface area contributed by atoms with E-state index in [9.17, 15) is 4.79 Å². The molecule has 1 unspecified atom stereocenters. The van der Waals surface area contributed by atoms with Crippen molar-refractivity contribution in [2.24, 2.45) is 10.7 Å². The molecule has 27 heavy (non-hydrogen) atoms. The molecule has 1 atom stereocenters. The molecule has 1 aliphatic rings. The number of ether oxygens (including phenoxy) is 1. The molecule has 0 bridgehead atoms. The third kappa shape index (κ3) is 4.46. The molecule has 3 rings (SSSR count). The smallest absolute Gasteiger partial charge is 0.271 e. The SMILES string of the molecule is COc1ccc(N=C2CCCC(NC(=O)c3ncccc3Cl)/C2=C/N)cc1. The Bertz CT molecular complexity index is 878. The van der Waals surface area contributed by atoms with E-state index in [1.54, 1.807) is 19.2 Å². The molecule has 2 aromatic rings. The molecule has 1 aromatic carbocycles. The lowest BCUT2D eigenvalue weighted by Gasteiger charge is -2.27. The number of pyridine rings is 1. The van der Waals surface area contributed by atoms with Crippen LogP contribution in [0, 0.1) is 0 Å². The van der Waals surface area contributed by atoms with Crippen LogP contribution >= 0.6 is 11.6 Å². The van der Waals surface area contributed by atoms with Crippen LogP contribution in [0.4, 0.5) is 5.69 Å². The molecule has 1 aliphatic carbocycles. The van der Waals surface area contributed by atoms with Crippen LogP contribution in [0.3, 0.4) is 0 Å². The average Bonchev–Trinajstić information content (AvgIpc) is 2.69. The highest BCUT2D eigenvalue weighted by atomic mass is 35.5. The number of rotatable bonds is 4. The lowest BCUT2D eigenvalue weighted by molar-refractivity contribution is 0.0936. The summed E-state index contributed by atoms with van der Waals surface area (Å²) in [5.74, 6) is 0.449. The van der Waals surface area contributed by atoms with Crippen LogP contribution in [0.25, 0.3) is 0 Å². The Morgan fingerprint density at radius 2 is 2.15 bits per heavy atom. The molecular formula is C20H21ClN4O2. The summed E-state index contributed by atoms with van der Waals surface area (Å²) in [6, 6.07) is 10.6.